The second-order valence-corrected chi connectivity index (χ2v) is 8.21. The lowest BCUT2D eigenvalue weighted by molar-refractivity contribution is -0.130. The molecular weight excluding hydrogens is 384 g/mol. The highest BCUT2D eigenvalue weighted by Gasteiger charge is 2.48. The average Bonchev–Trinajstić information content (AvgIpc) is 3.38. The first-order valence-corrected chi connectivity index (χ1v) is 10.8. The van der Waals surface area contributed by atoms with Gasteiger partial charge in [-0.15, -0.1) is 0 Å². The normalized spacial score (nSPS) is 21.1. The molecule has 0 saturated heterocycles. The van der Waals surface area contributed by atoms with Gasteiger partial charge in [0.1, 0.15) is 0 Å². The van der Waals surface area contributed by atoms with Crippen molar-refractivity contribution in [3.63, 3.8) is 0 Å². The van der Waals surface area contributed by atoms with Gasteiger partial charge >= 0.3 is 0 Å². The molecule has 154 valence electrons. The fourth-order valence-electron chi connectivity index (χ4n) is 3.71. The van der Waals surface area contributed by atoms with Crippen molar-refractivity contribution >= 4 is 29.1 Å². The van der Waals surface area contributed by atoms with Crippen molar-refractivity contribution in [3.05, 3.63) is 64.7 Å². The van der Waals surface area contributed by atoms with E-state index in [1.54, 1.807) is 24.3 Å². The van der Waals surface area contributed by atoms with Crippen molar-refractivity contribution in [3.8, 4) is 0 Å². The van der Waals surface area contributed by atoms with Gasteiger partial charge in [0.15, 0.2) is 0 Å². The maximum Gasteiger partial charge on any atom is 0.255 e. The fourth-order valence-corrected chi connectivity index (χ4v) is 3.90. The molecule has 2 N–H and O–H groups in total. The molecule has 5 heteroatoms. The molecule has 2 atom stereocenters. The molecule has 2 amide bonds. The second kappa shape index (κ2) is 9.00. The van der Waals surface area contributed by atoms with Crippen LogP contribution in [-0.2, 0) is 10.2 Å². The van der Waals surface area contributed by atoms with E-state index in [1.165, 1.54) is 0 Å². The lowest BCUT2D eigenvalue weighted by Crippen LogP contribution is -2.50. The van der Waals surface area contributed by atoms with Crippen LogP contribution >= 0.6 is 11.6 Å². The Morgan fingerprint density at radius 1 is 1.07 bits per heavy atom. The molecule has 4 nitrogen and oxygen atoms in total. The highest BCUT2D eigenvalue weighted by Crippen LogP contribution is 2.45. The SMILES string of the molecule is CC.CC1CC1NC(=O)C1(c2ccc(NC(=O)c3cccc(Cl)c3)cc2)CCC1. The van der Waals surface area contributed by atoms with Crippen molar-refractivity contribution in [1.82, 2.24) is 5.32 Å². The molecule has 0 spiro atoms. The zero-order valence-electron chi connectivity index (χ0n) is 17.3. The summed E-state index contributed by atoms with van der Waals surface area (Å²) in [5.74, 6) is 0.540. The standard InChI is InChI=1S/C22H23ClN2O2.C2H6/c1-14-12-19(14)25-21(27)22(10-3-11-22)16-6-8-18(9-7-16)24-20(26)15-4-2-5-17(23)13-15;1-2/h2,4-9,13-14,19H,3,10-12H2,1H3,(H,24,26)(H,25,27);1-2H3. The predicted molar refractivity (Wildman–Crippen MR) is 118 cm³/mol. The smallest absolute Gasteiger partial charge is 0.255 e. The zero-order valence-corrected chi connectivity index (χ0v) is 18.1. The number of benzene rings is 2. The third-order valence-electron chi connectivity index (χ3n) is 5.85. The summed E-state index contributed by atoms with van der Waals surface area (Å²) in [7, 11) is 0. The number of amides is 2. The van der Waals surface area contributed by atoms with Gasteiger partial charge in [-0.3, -0.25) is 9.59 Å². The molecule has 0 radical (unpaired) electrons. The molecule has 4 rings (SSSR count). The molecule has 2 aromatic rings. The molecule has 2 aromatic carbocycles. The molecule has 2 unspecified atom stereocenters. The lowest BCUT2D eigenvalue weighted by atomic mass is 9.63. The minimum atomic E-state index is -0.405. The molecule has 0 aromatic heterocycles. The van der Waals surface area contributed by atoms with E-state index in [1.807, 2.05) is 38.1 Å². The maximum absolute atomic E-state index is 12.8. The molecule has 29 heavy (non-hydrogen) atoms. The van der Waals surface area contributed by atoms with Crippen molar-refractivity contribution < 1.29 is 9.59 Å². The molecule has 2 saturated carbocycles. The van der Waals surface area contributed by atoms with Gasteiger partial charge in [0, 0.05) is 22.3 Å². The van der Waals surface area contributed by atoms with E-state index in [-0.39, 0.29) is 11.8 Å². The number of carbonyl (C=O) groups is 2. The summed E-state index contributed by atoms with van der Waals surface area (Å²) < 4.78 is 0. The van der Waals surface area contributed by atoms with E-state index in [9.17, 15) is 9.59 Å². The first kappa shape index (κ1) is 21.4. The van der Waals surface area contributed by atoms with Gasteiger partial charge in [-0.25, -0.2) is 0 Å². The van der Waals surface area contributed by atoms with Gasteiger partial charge in [-0.1, -0.05) is 57.0 Å². The van der Waals surface area contributed by atoms with Crippen LogP contribution in [0.2, 0.25) is 5.02 Å². The van der Waals surface area contributed by atoms with Crippen LogP contribution in [0.3, 0.4) is 0 Å². The topological polar surface area (TPSA) is 58.2 Å². The van der Waals surface area contributed by atoms with Gasteiger partial charge in [0.2, 0.25) is 5.91 Å². The van der Waals surface area contributed by atoms with Gasteiger partial charge in [-0.2, -0.15) is 0 Å². The van der Waals surface area contributed by atoms with Crippen LogP contribution in [0.25, 0.3) is 0 Å². The second-order valence-electron chi connectivity index (χ2n) is 7.77. The van der Waals surface area contributed by atoms with Crippen LogP contribution in [-0.4, -0.2) is 17.9 Å². The Hall–Kier alpha value is -2.33. The van der Waals surface area contributed by atoms with Gasteiger partial charge in [-0.05, 0) is 61.1 Å². The minimum Gasteiger partial charge on any atom is -0.352 e. The van der Waals surface area contributed by atoms with Crippen molar-refractivity contribution in [2.24, 2.45) is 5.92 Å². The average molecular weight is 413 g/mol. The Balaban J connectivity index is 0.00000117. The molecule has 2 aliphatic carbocycles. The summed E-state index contributed by atoms with van der Waals surface area (Å²) in [6.07, 6.45) is 3.92. The summed E-state index contributed by atoms with van der Waals surface area (Å²) in [4.78, 5) is 25.2. The summed E-state index contributed by atoms with van der Waals surface area (Å²) >= 11 is 5.95. The zero-order chi connectivity index (χ0) is 21.0. The first-order chi connectivity index (χ1) is 14.0. The Bertz CT molecular complexity index is 875. The monoisotopic (exact) mass is 412 g/mol. The maximum atomic E-state index is 12.8. The van der Waals surface area contributed by atoms with E-state index in [0.717, 1.165) is 31.2 Å². The van der Waals surface area contributed by atoms with Gasteiger partial charge in [0.25, 0.3) is 5.91 Å². The number of rotatable bonds is 5. The van der Waals surface area contributed by atoms with Crippen molar-refractivity contribution in [2.75, 3.05) is 5.32 Å². The van der Waals surface area contributed by atoms with E-state index < -0.39 is 5.41 Å². The predicted octanol–water partition coefficient (Wildman–Crippen LogP) is 5.56. The van der Waals surface area contributed by atoms with Crippen LogP contribution in [0.5, 0.6) is 0 Å². The van der Waals surface area contributed by atoms with Crippen molar-refractivity contribution in [2.45, 2.75) is 57.9 Å². The Labute approximate surface area is 178 Å². The van der Waals surface area contributed by atoms with Crippen molar-refractivity contribution in [1.29, 1.82) is 0 Å². The number of halogens is 1. The molecule has 0 aliphatic heterocycles. The summed E-state index contributed by atoms with van der Waals surface area (Å²) in [6, 6.07) is 14.8. The van der Waals surface area contributed by atoms with Crippen LogP contribution < -0.4 is 10.6 Å². The third kappa shape index (κ3) is 4.64. The van der Waals surface area contributed by atoms with Crippen LogP contribution in [0.4, 0.5) is 5.69 Å². The van der Waals surface area contributed by atoms with E-state index in [4.69, 9.17) is 11.6 Å². The number of nitrogens with one attached hydrogen (secondary N) is 2. The Kier molecular flexibility index (Phi) is 6.63. The van der Waals surface area contributed by atoms with Crippen LogP contribution in [0.1, 0.15) is 62.4 Å². The lowest BCUT2D eigenvalue weighted by Gasteiger charge is -2.41. The Morgan fingerprint density at radius 3 is 2.24 bits per heavy atom. The van der Waals surface area contributed by atoms with Crippen LogP contribution in [0, 0.1) is 5.92 Å². The molecule has 0 bridgehead atoms. The highest BCUT2D eigenvalue weighted by molar-refractivity contribution is 6.31. The number of hydrogen-bond donors (Lipinski definition) is 2. The van der Waals surface area contributed by atoms with E-state index >= 15 is 0 Å². The highest BCUT2D eigenvalue weighted by atomic mass is 35.5. The number of hydrogen-bond acceptors (Lipinski definition) is 2. The summed E-state index contributed by atoms with van der Waals surface area (Å²) in [5, 5.41) is 6.61. The third-order valence-corrected chi connectivity index (χ3v) is 6.08. The quantitative estimate of drug-likeness (QED) is 0.674. The largest absolute Gasteiger partial charge is 0.352 e. The molecule has 2 fully saturated rings. The number of anilines is 1. The van der Waals surface area contributed by atoms with Gasteiger partial charge in [0.05, 0.1) is 5.41 Å². The molecule has 0 heterocycles. The summed E-state index contributed by atoms with van der Waals surface area (Å²) in [6.45, 7) is 6.16. The molecular formula is C24H29ClN2O2. The minimum absolute atomic E-state index is 0.152. The van der Waals surface area contributed by atoms with Gasteiger partial charge < -0.3 is 10.6 Å². The van der Waals surface area contributed by atoms with E-state index in [0.29, 0.717) is 28.2 Å². The number of carbonyl (C=O) groups excluding carboxylic acids is 2. The first-order valence-electron chi connectivity index (χ1n) is 10.5. The Morgan fingerprint density at radius 2 is 1.72 bits per heavy atom. The van der Waals surface area contributed by atoms with E-state index in [2.05, 4.69) is 17.6 Å². The fraction of sp³-hybridized carbons (Fsp3) is 0.417. The summed E-state index contributed by atoms with van der Waals surface area (Å²) in [5.41, 5.74) is 1.84. The molecule has 2 aliphatic rings. The van der Waals surface area contributed by atoms with Crippen LogP contribution in [0.15, 0.2) is 48.5 Å².